The van der Waals surface area contributed by atoms with E-state index < -0.39 is 10.0 Å². The zero-order valence-corrected chi connectivity index (χ0v) is 15.0. The van der Waals surface area contributed by atoms with Gasteiger partial charge in [-0.25, -0.2) is 8.42 Å². The van der Waals surface area contributed by atoms with Crippen molar-refractivity contribution in [2.45, 2.75) is 12.8 Å². The van der Waals surface area contributed by atoms with E-state index in [2.05, 4.69) is 0 Å². The molecule has 0 atom stereocenters. The van der Waals surface area contributed by atoms with E-state index in [1.54, 1.807) is 11.0 Å². The molecular weight excluding hydrogens is 340 g/mol. The molecule has 1 heterocycles. The Kier molecular flexibility index (Phi) is 5.88. The van der Waals surface area contributed by atoms with Crippen LogP contribution in [-0.2, 0) is 19.6 Å². The molecule has 1 aromatic rings. The van der Waals surface area contributed by atoms with Crippen LogP contribution < -0.4 is 0 Å². The van der Waals surface area contributed by atoms with Crippen LogP contribution in [0, 0.1) is 5.92 Å². The number of rotatable bonds is 7. The summed E-state index contributed by atoms with van der Waals surface area (Å²) in [5.41, 5.74) is 0.840. The number of amides is 1. The Labute approximate surface area is 149 Å². The molecule has 1 aromatic carbocycles. The number of nitrogens with zero attached hydrogens (tertiary/aromatic N) is 2. The van der Waals surface area contributed by atoms with E-state index in [0.717, 1.165) is 5.56 Å². The molecule has 0 spiro atoms. The van der Waals surface area contributed by atoms with Gasteiger partial charge in [-0.05, 0) is 30.4 Å². The second-order valence-corrected chi connectivity index (χ2v) is 8.32. The van der Waals surface area contributed by atoms with Gasteiger partial charge in [-0.2, -0.15) is 4.31 Å². The molecule has 1 saturated carbocycles. The largest absolute Gasteiger partial charge is 0.371 e. The van der Waals surface area contributed by atoms with E-state index in [1.165, 1.54) is 22.6 Å². The lowest BCUT2D eigenvalue weighted by Gasteiger charge is -2.33. The van der Waals surface area contributed by atoms with Crippen LogP contribution in [0.2, 0.25) is 0 Å². The monoisotopic (exact) mass is 364 g/mol. The summed E-state index contributed by atoms with van der Waals surface area (Å²) in [5.74, 6) is 0.573. The van der Waals surface area contributed by atoms with Crippen LogP contribution in [0.5, 0.6) is 0 Å². The maximum absolute atomic E-state index is 12.4. The van der Waals surface area contributed by atoms with Crippen molar-refractivity contribution in [2.75, 3.05) is 39.4 Å². The van der Waals surface area contributed by atoms with Crippen molar-refractivity contribution in [2.24, 2.45) is 5.92 Å². The van der Waals surface area contributed by atoms with Crippen molar-refractivity contribution in [3.8, 4) is 0 Å². The first-order chi connectivity index (χ1) is 12.0. The van der Waals surface area contributed by atoms with Crippen LogP contribution in [0.3, 0.4) is 0 Å². The molecule has 1 amide bonds. The molecule has 0 aromatic heterocycles. The standard InChI is InChI=1S/C18H24N2O4S/c21-18(15-24-14-17-6-7-17)19-9-11-20(12-10-19)25(22,23)13-8-16-4-2-1-3-5-16/h1-5,8,13,17H,6-7,9-12,14-15H2/b13-8+. The lowest BCUT2D eigenvalue weighted by Crippen LogP contribution is -2.50. The van der Waals surface area contributed by atoms with E-state index >= 15 is 0 Å². The fourth-order valence-electron chi connectivity index (χ4n) is 2.70. The second-order valence-electron chi connectivity index (χ2n) is 6.50. The van der Waals surface area contributed by atoms with Crippen molar-refractivity contribution in [1.29, 1.82) is 0 Å². The van der Waals surface area contributed by atoms with Crippen LogP contribution >= 0.6 is 0 Å². The third kappa shape index (κ3) is 5.39. The van der Waals surface area contributed by atoms with E-state index in [-0.39, 0.29) is 12.5 Å². The smallest absolute Gasteiger partial charge is 0.248 e. The van der Waals surface area contributed by atoms with Crippen LogP contribution in [-0.4, -0.2) is 62.9 Å². The Hall–Kier alpha value is -1.70. The molecule has 7 heteroatoms. The average molecular weight is 364 g/mol. The lowest BCUT2D eigenvalue weighted by atomic mass is 10.2. The van der Waals surface area contributed by atoms with Gasteiger partial charge in [0.2, 0.25) is 15.9 Å². The predicted molar refractivity (Wildman–Crippen MR) is 96.1 cm³/mol. The van der Waals surface area contributed by atoms with Gasteiger partial charge in [0.25, 0.3) is 0 Å². The molecule has 0 bridgehead atoms. The van der Waals surface area contributed by atoms with Gasteiger partial charge in [0.05, 0.1) is 6.61 Å². The Morgan fingerprint density at radius 3 is 2.44 bits per heavy atom. The SMILES string of the molecule is O=C(COCC1CC1)N1CCN(S(=O)(=O)/C=C/c2ccccc2)CC1. The van der Waals surface area contributed by atoms with E-state index in [0.29, 0.717) is 38.7 Å². The topological polar surface area (TPSA) is 66.9 Å². The number of ether oxygens (including phenoxy) is 1. The van der Waals surface area contributed by atoms with Crippen molar-refractivity contribution in [3.63, 3.8) is 0 Å². The molecule has 6 nitrogen and oxygen atoms in total. The molecule has 2 aliphatic rings. The highest BCUT2D eigenvalue weighted by molar-refractivity contribution is 7.92. The van der Waals surface area contributed by atoms with Crippen molar-refractivity contribution < 1.29 is 17.9 Å². The first-order valence-corrected chi connectivity index (χ1v) is 10.1. The first-order valence-electron chi connectivity index (χ1n) is 8.63. The van der Waals surface area contributed by atoms with Gasteiger partial charge in [-0.1, -0.05) is 30.3 Å². The quantitative estimate of drug-likeness (QED) is 0.736. The highest BCUT2D eigenvalue weighted by Gasteiger charge is 2.28. The number of piperazine rings is 1. The number of hydrogen-bond donors (Lipinski definition) is 0. The van der Waals surface area contributed by atoms with E-state index in [1.807, 2.05) is 30.3 Å². The first kappa shape index (κ1) is 18.1. The zero-order valence-electron chi connectivity index (χ0n) is 14.2. The Morgan fingerprint density at radius 2 is 1.80 bits per heavy atom. The number of sulfonamides is 1. The summed E-state index contributed by atoms with van der Waals surface area (Å²) in [6, 6.07) is 9.31. The molecule has 2 fully saturated rings. The van der Waals surface area contributed by atoms with Gasteiger partial charge in [0, 0.05) is 31.6 Å². The normalized spacial score (nSPS) is 19.4. The third-order valence-corrected chi connectivity index (χ3v) is 6.02. The molecule has 136 valence electrons. The summed E-state index contributed by atoms with van der Waals surface area (Å²) in [6.07, 6.45) is 3.99. The Morgan fingerprint density at radius 1 is 1.12 bits per heavy atom. The highest BCUT2D eigenvalue weighted by Crippen LogP contribution is 2.28. The van der Waals surface area contributed by atoms with Crippen LogP contribution in [0.15, 0.2) is 35.7 Å². The average Bonchev–Trinajstić information content (AvgIpc) is 3.45. The van der Waals surface area contributed by atoms with Crippen molar-refractivity contribution in [1.82, 2.24) is 9.21 Å². The molecule has 0 unspecified atom stereocenters. The highest BCUT2D eigenvalue weighted by atomic mass is 32.2. The molecule has 1 saturated heterocycles. The summed E-state index contributed by atoms with van der Waals surface area (Å²) in [7, 11) is -3.47. The summed E-state index contributed by atoms with van der Waals surface area (Å²) < 4.78 is 31.6. The fourth-order valence-corrected chi connectivity index (χ4v) is 3.87. The molecular formula is C18H24N2O4S. The molecule has 3 rings (SSSR count). The maximum Gasteiger partial charge on any atom is 0.248 e. The van der Waals surface area contributed by atoms with Crippen LogP contribution in [0.25, 0.3) is 6.08 Å². The van der Waals surface area contributed by atoms with Crippen LogP contribution in [0.4, 0.5) is 0 Å². The van der Waals surface area contributed by atoms with Gasteiger partial charge in [0.15, 0.2) is 0 Å². The zero-order chi connectivity index (χ0) is 17.7. The molecule has 1 aliphatic carbocycles. The summed E-state index contributed by atoms with van der Waals surface area (Å²) in [4.78, 5) is 13.8. The van der Waals surface area contributed by atoms with E-state index in [9.17, 15) is 13.2 Å². The minimum atomic E-state index is -3.47. The maximum atomic E-state index is 12.4. The lowest BCUT2D eigenvalue weighted by molar-refractivity contribution is -0.137. The Bertz CT molecular complexity index is 706. The Balaban J connectivity index is 1.47. The fraction of sp³-hybridized carbons (Fsp3) is 0.500. The van der Waals surface area contributed by atoms with Gasteiger partial charge in [-0.3, -0.25) is 4.79 Å². The number of benzene rings is 1. The van der Waals surface area contributed by atoms with Gasteiger partial charge < -0.3 is 9.64 Å². The minimum Gasteiger partial charge on any atom is -0.371 e. The number of carbonyl (C=O) groups excluding carboxylic acids is 1. The predicted octanol–water partition coefficient (Wildman–Crippen LogP) is 1.56. The number of carbonyl (C=O) groups is 1. The molecule has 0 N–H and O–H groups in total. The van der Waals surface area contributed by atoms with Crippen LogP contribution in [0.1, 0.15) is 18.4 Å². The van der Waals surface area contributed by atoms with Gasteiger partial charge >= 0.3 is 0 Å². The number of hydrogen-bond acceptors (Lipinski definition) is 4. The molecule has 0 radical (unpaired) electrons. The second kappa shape index (κ2) is 8.12. The molecule has 25 heavy (non-hydrogen) atoms. The molecule has 1 aliphatic heterocycles. The third-order valence-electron chi connectivity index (χ3n) is 4.46. The summed E-state index contributed by atoms with van der Waals surface area (Å²) >= 11 is 0. The van der Waals surface area contributed by atoms with Crippen molar-refractivity contribution >= 4 is 22.0 Å². The summed E-state index contributed by atoms with van der Waals surface area (Å²) in [6.45, 7) is 2.20. The van der Waals surface area contributed by atoms with Crippen molar-refractivity contribution in [3.05, 3.63) is 41.3 Å². The van der Waals surface area contributed by atoms with Gasteiger partial charge in [-0.15, -0.1) is 0 Å². The van der Waals surface area contributed by atoms with Gasteiger partial charge in [0.1, 0.15) is 6.61 Å². The minimum absolute atomic E-state index is 0.0578. The van der Waals surface area contributed by atoms with E-state index in [4.69, 9.17) is 4.74 Å². The summed E-state index contributed by atoms with van der Waals surface area (Å²) in [5, 5.41) is 1.23.